The number of pyridine rings is 1. The highest BCUT2D eigenvalue weighted by molar-refractivity contribution is 8.00. The molecule has 0 amide bonds. The van der Waals surface area contributed by atoms with Crippen molar-refractivity contribution in [2.24, 2.45) is 0 Å². The minimum Gasteiger partial charge on any atom is -0.311 e. The molecular formula is C15H25N3S. The van der Waals surface area contributed by atoms with Crippen molar-refractivity contribution in [2.75, 3.05) is 25.4 Å². The van der Waals surface area contributed by atoms with E-state index in [4.69, 9.17) is 4.98 Å². The summed E-state index contributed by atoms with van der Waals surface area (Å²) in [5.41, 5.74) is 2.34. The maximum absolute atomic E-state index is 4.74. The number of hydrogen-bond donors (Lipinski definition) is 1. The second-order valence-corrected chi connectivity index (χ2v) is 7.52. The molecule has 1 aliphatic rings. The van der Waals surface area contributed by atoms with Crippen LogP contribution in [0.25, 0.3) is 0 Å². The molecule has 19 heavy (non-hydrogen) atoms. The number of aromatic nitrogens is 1. The lowest BCUT2D eigenvalue weighted by atomic mass is 10.1. The molecule has 0 spiro atoms. The van der Waals surface area contributed by atoms with Crippen LogP contribution in [-0.2, 0) is 13.1 Å². The lowest BCUT2D eigenvalue weighted by molar-refractivity contribution is 0.249. The maximum Gasteiger partial charge on any atom is 0.0547 e. The van der Waals surface area contributed by atoms with Gasteiger partial charge >= 0.3 is 0 Å². The van der Waals surface area contributed by atoms with E-state index >= 15 is 0 Å². The van der Waals surface area contributed by atoms with E-state index in [2.05, 4.69) is 60.9 Å². The minimum atomic E-state index is 0.375. The third kappa shape index (κ3) is 4.79. The van der Waals surface area contributed by atoms with Gasteiger partial charge in [0.15, 0.2) is 0 Å². The molecule has 1 fully saturated rings. The lowest BCUT2D eigenvalue weighted by Gasteiger charge is -2.37. The fourth-order valence-corrected chi connectivity index (χ4v) is 3.62. The van der Waals surface area contributed by atoms with Gasteiger partial charge in [-0.1, -0.05) is 13.0 Å². The fourth-order valence-electron chi connectivity index (χ4n) is 2.45. The molecule has 0 saturated carbocycles. The van der Waals surface area contributed by atoms with E-state index < -0.39 is 0 Å². The summed E-state index contributed by atoms with van der Waals surface area (Å²) >= 11 is 2.08. The van der Waals surface area contributed by atoms with Crippen LogP contribution >= 0.6 is 11.8 Å². The van der Waals surface area contributed by atoms with Gasteiger partial charge in [-0.05, 0) is 32.5 Å². The van der Waals surface area contributed by atoms with Crippen molar-refractivity contribution in [2.45, 2.75) is 38.6 Å². The molecule has 106 valence electrons. The van der Waals surface area contributed by atoms with Gasteiger partial charge in [0, 0.05) is 36.7 Å². The Labute approximate surface area is 121 Å². The number of nitrogens with one attached hydrogen (secondary N) is 1. The Balaban J connectivity index is 1.94. The van der Waals surface area contributed by atoms with Crippen molar-refractivity contribution in [3.63, 3.8) is 0 Å². The van der Waals surface area contributed by atoms with E-state index in [1.807, 2.05) is 0 Å². The molecule has 0 aromatic carbocycles. The summed E-state index contributed by atoms with van der Waals surface area (Å²) in [6.45, 7) is 11.9. The Morgan fingerprint density at radius 1 is 1.37 bits per heavy atom. The highest BCUT2D eigenvalue weighted by atomic mass is 32.2. The predicted octanol–water partition coefficient (Wildman–Crippen LogP) is 2.52. The molecule has 3 nitrogen and oxygen atoms in total. The smallest absolute Gasteiger partial charge is 0.0547 e. The summed E-state index contributed by atoms with van der Waals surface area (Å²) in [7, 11) is 0. The quantitative estimate of drug-likeness (QED) is 0.896. The predicted molar refractivity (Wildman–Crippen MR) is 83.4 cm³/mol. The first-order valence-corrected chi connectivity index (χ1v) is 8.09. The summed E-state index contributed by atoms with van der Waals surface area (Å²) in [5.74, 6) is 1.23. The Morgan fingerprint density at radius 3 is 2.89 bits per heavy atom. The summed E-state index contributed by atoms with van der Waals surface area (Å²) < 4.78 is 0.375. The Hall–Kier alpha value is -0.580. The Morgan fingerprint density at radius 2 is 2.16 bits per heavy atom. The second kappa shape index (κ2) is 6.73. The molecule has 1 saturated heterocycles. The summed E-state index contributed by atoms with van der Waals surface area (Å²) in [4.78, 5) is 7.26. The minimum absolute atomic E-state index is 0.375. The highest BCUT2D eigenvalue weighted by Crippen LogP contribution is 2.29. The summed E-state index contributed by atoms with van der Waals surface area (Å²) in [6, 6.07) is 6.37. The van der Waals surface area contributed by atoms with Crippen molar-refractivity contribution in [1.29, 1.82) is 0 Å². The molecule has 1 aromatic rings. The third-order valence-electron chi connectivity index (χ3n) is 3.31. The molecule has 4 heteroatoms. The van der Waals surface area contributed by atoms with Crippen LogP contribution in [0, 0.1) is 0 Å². The molecule has 0 aliphatic carbocycles. The first-order chi connectivity index (χ1) is 9.09. The first kappa shape index (κ1) is 14.8. The van der Waals surface area contributed by atoms with Gasteiger partial charge in [-0.25, -0.2) is 0 Å². The normalized spacial score (nSPS) is 19.5. The van der Waals surface area contributed by atoms with Crippen molar-refractivity contribution in [1.82, 2.24) is 15.2 Å². The van der Waals surface area contributed by atoms with E-state index in [0.29, 0.717) is 4.75 Å². The fraction of sp³-hybridized carbons (Fsp3) is 0.667. The molecule has 2 rings (SSSR count). The summed E-state index contributed by atoms with van der Waals surface area (Å²) in [5, 5.41) is 3.33. The van der Waals surface area contributed by atoms with Crippen LogP contribution in [0.4, 0.5) is 0 Å². The average molecular weight is 279 g/mol. The second-order valence-electron chi connectivity index (χ2n) is 5.72. The van der Waals surface area contributed by atoms with Crippen LogP contribution in [0.5, 0.6) is 0 Å². The van der Waals surface area contributed by atoms with Crippen LogP contribution in [0.2, 0.25) is 0 Å². The van der Waals surface area contributed by atoms with Gasteiger partial charge < -0.3 is 5.32 Å². The van der Waals surface area contributed by atoms with Crippen LogP contribution in [0.15, 0.2) is 18.2 Å². The standard InChI is InChI=1S/C15H25N3S/c1-4-16-10-13-6-5-7-14(17-13)11-18-8-9-19-15(2,3)12-18/h5-7,16H,4,8-12H2,1-3H3. The molecular weight excluding hydrogens is 254 g/mol. The SMILES string of the molecule is CCNCc1cccc(CN2CCSC(C)(C)C2)n1. The van der Waals surface area contributed by atoms with Gasteiger partial charge in [-0.15, -0.1) is 0 Å². The zero-order chi connectivity index (χ0) is 13.7. The molecule has 0 radical (unpaired) electrons. The molecule has 1 aliphatic heterocycles. The Bertz CT molecular complexity index is 406. The van der Waals surface area contributed by atoms with E-state index in [1.54, 1.807) is 0 Å². The average Bonchev–Trinajstić information content (AvgIpc) is 2.35. The van der Waals surface area contributed by atoms with Gasteiger partial charge in [-0.3, -0.25) is 9.88 Å². The number of nitrogens with zero attached hydrogens (tertiary/aromatic N) is 2. The molecule has 0 unspecified atom stereocenters. The van der Waals surface area contributed by atoms with Crippen molar-refractivity contribution >= 4 is 11.8 Å². The number of rotatable bonds is 5. The van der Waals surface area contributed by atoms with E-state index in [0.717, 1.165) is 31.9 Å². The van der Waals surface area contributed by atoms with Crippen LogP contribution in [0.3, 0.4) is 0 Å². The van der Waals surface area contributed by atoms with Gasteiger partial charge in [0.05, 0.1) is 11.4 Å². The molecule has 2 heterocycles. The molecule has 0 atom stereocenters. The highest BCUT2D eigenvalue weighted by Gasteiger charge is 2.26. The largest absolute Gasteiger partial charge is 0.311 e. The third-order valence-corrected chi connectivity index (χ3v) is 4.61. The van der Waals surface area contributed by atoms with Crippen molar-refractivity contribution < 1.29 is 0 Å². The summed E-state index contributed by atoms with van der Waals surface area (Å²) in [6.07, 6.45) is 0. The van der Waals surface area contributed by atoms with Crippen molar-refractivity contribution in [3.05, 3.63) is 29.6 Å². The monoisotopic (exact) mass is 279 g/mol. The number of thioether (sulfide) groups is 1. The van der Waals surface area contributed by atoms with Crippen LogP contribution in [0.1, 0.15) is 32.2 Å². The zero-order valence-corrected chi connectivity index (χ0v) is 13.1. The lowest BCUT2D eigenvalue weighted by Crippen LogP contribution is -2.42. The molecule has 1 N–H and O–H groups in total. The Kier molecular flexibility index (Phi) is 5.25. The van der Waals surface area contributed by atoms with Gasteiger partial charge in [-0.2, -0.15) is 11.8 Å². The zero-order valence-electron chi connectivity index (χ0n) is 12.3. The van der Waals surface area contributed by atoms with Crippen LogP contribution < -0.4 is 5.32 Å². The van der Waals surface area contributed by atoms with Crippen LogP contribution in [-0.4, -0.2) is 40.0 Å². The first-order valence-electron chi connectivity index (χ1n) is 7.11. The topological polar surface area (TPSA) is 28.2 Å². The molecule has 1 aromatic heterocycles. The molecule has 0 bridgehead atoms. The van der Waals surface area contributed by atoms with Crippen molar-refractivity contribution in [3.8, 4) is 0 Å². The number of hydrogen-bond acceptors (Lipinski definition) is 4. The van der Waals surface area contributed by atoms with E-state index in [9.17, 15) is 0 Å². The van der Waals surface area contributed by atoms with Gasteiger partial charge in [0.2, 0.25) is 0 Å². The van der Waals surface area contributed by atoms with Gasteiger partial charge in [0.1, 0.15) is 0 Å². The maximum atomic E-state index is 4.74. The van der Waals surface area contributed by atoms with E-state index in [1.165, 1.54) is 18.0 Å². The van der Waals surface area contributed by atoms with Gasteiger partial charge in [0.25, 0.3) is 0 Å². The van der Waals surface area contributed by atoms with E-state index in [-0.39, 0.29) is 0 Å².